The number of benzene rings is 2. The Morgan fingerprint density at radius 1 is 1.07 bits per heavy atom. The highest BCUT2D eigenvalue weighted by Crippen LogP contribution is 2.23. The summed E-state index contributed by atoms with van der Waals surface area (Å²) in [5.74, 6) is 0.432. The number of sulfonamides is 1. The van der Waals surface area contributed by atoms with E-state index in [2.05, 4.69) is 5.32 Å². The highest BCUT2D eigenvalue weighted by molar-refractivity contribution is 7.89. The SMILES string of the molecule is CCOc1ccccc1CNC(=O)c1cc(S(=O)(=O)N2CCCCCC2)ccc1C. The number of aryl methyl sites for hydroxylation is 1. The van der Waals surface area contributed by atoms with Gasteiger partial charge in [-0.1, -0.05) is 37.1 Å². The lowest BCUT2D eigenvalue weighted by atomic mass is 10.1. The number of carbonyl (C=O) groups excluding carboxylic acids is 1. The van der Waals surface area contributed by atoms with Crippen molar-refractivity contribution in [2.75, 3.05) is 19.7 Å². The molecule has 2 aromatic rings. The molecule has 0 aliphatic carbocycles. The molecule has 7 heteroatoms. The van der Waals surface area contributed by atoms with Crippen molar-refractivity contribution in [3.63, 3.8) is 0 Å². The van der Waals surface area contributed by atoms with E-state index < -0.39 is 10.0 Å². The van der Waals surface area contributed by atoms with Crippen molar-refractivity contribution in [3.05, 3.63) is 59.2 Å². The van der Waals surface area contributed by atoms with Gasteiger partial charge in [0, 0.05) is 30.8 Å². The number of amides is 1. The highest BCUT2D eigenvalue weighted by Gasteiger charge is 2.26. The molecular formula is C23H30N2O4S. The Morgan fingerprint density at radius 2 is 1.77 bits per heavy atom. The molecule has 1 heterocycles. The monoisotopic (exact) mass is 430 g/mol. The van der Waals surface area contributed by atoms with Gasteiger partial charge in [0.05, 0.1) is 11.5 Å². The van der Waals surface area contributed by atoms with Crippen LogP contribution in [0.5, 0.6) is 5.75 Å². The normalized spacial score (nSPS) is 15.4. The molecule has 162 valence electrons. The minimum atomic E-state index is -3.61. The highest BCUT2D eigenvalue weighted by atomic mass is 32.2. The molecule has 0 aromatic heterocycles. The summed E-state index contributed by atoms with van der Waals surface area (Å²) in [6.07, 6.45) is 3.85. The number of nitrogens with one attached hydrogen (secondary N) is 1. The predicted molar refractivity (Wildman–Crippen MR) is 117 cm³/mol. The van der Waals surface area contributed by atoms with Crippen LogP contribution in [0.3, 0.4) is 0 Å². The average Bonchev–Trinajstić information content (AvgIpc) is 3.03. The Balaban J connectivity index is 1.78. The molecule has 6 nitrogen and oxygen atoms in total. The number of rotatable bonds is 7. The van der Waals surface area contributed by atoms with Crippen molar-refractivity contribution in [1.29, 1.82) is 0 Å². The van der Waals surface area contributed by atoms with Crippen LogP contribution in [-0.4, -0.2) is 38.3 Å². The van der Waals surface area contributed by atoms with E-state index in [-0.39, 0.29) is 10.8 Å². The second-order valence-electron chi connectivity index (χ2n) is 7.52. The van der Waals surface area contributed by atoms with Gasteiger partial charge in [0.15, 0.2) is 0 Å². The molecule has 0 bridgehead atoms. The molecule has 0 spiro atoms. The van der Waals surface area contributed by atoms with E-state index in [9.17, 15) is 13.2 Å². The first-order valence-corrected chi connectivity index (χ1v) is 12.0. The van der Waals surface area contributed by atoms with E-state index >= 15 is 0 Å². The standard InChI is InChI=1S/C23H30N2O4S/c1-3-29-22-11-7-6-10-19(22)17-24-23(26)21-16-20(13-12-18(21)2)30(27,28)25-14-8-4-5-9-15-25/h6-7,10-13,16H,3-5,8-9,14-15,17H2,1-2H3,(H,24,26). The molecule has 3 rings (SSSR count). The van der Waals surface area contributed by atoms with Gasteiger partial charge in [0.25, 0.3) is 5.91 Å². The van der Waals surface area contributed by atoms with Crippen LogP contribution in [0, 0.1) is 6.92 Å². The van der Waals surface area contributed by atoms with Gasteiger partial charge in [-0.2, -0.15) is 4.31 Å². The van der Waals surface area contributed by atoms with Gasteiger partial charge in [-0.15, -0.1) is 0 Å². The van der Waals surface area contributed by atoms with Gasteiger partial charge in [-0.3, -0.25) is 4.79 Å². The number of ether oxygens (including phenoxy) is 1. The second kappa shape index (κ2) is 10.1. The maximum atomic E-state index is 13.1. The largest absolute Gasteiger partial charge is 0.494 e. The molecule has 1 saturated heterocycles. The van der Waals surface area contributed by atoms with Crippen LogP contribution in [0.1, 0.15) is 54.1 Å². The van der Waals surface area contributed by atoms with E-state index in [0.29, 0.717) is 31.8 Å². The number of carbonyl (C=O) groups is 1. The summed E-state index contributed by atoms with van der Waals surface area (Å²) in [6, 6.07) is 12.3. The number of nitrogens with zero attached hydrogens (tertiary/aromatic N) is 1. The molecule has 1 N–H and O–H groups in total. The van der Waals surface area contributed by atoms with Gasteiger partial charge in [-0.25, -0.2) is 8.42 Å². The maximum absolute atomic E-state index is 13.1. The summed E-state index contributed by atoms with van der Waals surface area (Å²) in [7, 11) is -3.61. The molecule has 1 aliphatic heterocycles. The molecule has 2 aromatic carbocycles. The molecule has 0 radical (unpaired) electrons. The third kappa shape index (κ3) is 5.21. The zero-order valence-electron chi connectivity index (χ0n) is 17.7. The fourth-order valence-electron chi connectivity index (χ4n) is 3.65. The summed E-state index contributed by atoms with van der Waals surface area (Å²) in [5, 5.41) is 2.90. The van der Waals surface area contributed by atoms with E-state index in [1.165, 1.54) is 6.07 Å². The van der Waals surface area contributed by atoms with Crippen molar-refractivity contribution in [2.24, 2.45) is 0 Å². The first-order valence-electron chi connectivity index (χ1n) is 10.5. The molecule has 0 atom stereocenters. The second-order valence-corrected chi connectivity index (χ2v) is 9.46. The van der Waals surface area contributed by atoms with Crippen LogP contribution in [0.2, 0.25) is 0 Å². The number of hydrogen-bond acceptors (Lipinski definition) is 4. The quantitative estimate of drug-likeness (QED) is 0.723. The molecule has 0 unspecified atom stereocenters. The molecular weight excluding hydrogens is 400 g/mol. The third-order valence-electron chi connectivity index (χ3n) is 5.37. The summed E-state index contributed by atoms with van der Waals surface area (Å²) in [4.78, 5) is 13.0. The summed E-state index contributed by atoms with van der Waals surface area (Å²) in [5.41, 5.74) is 1.99. The van der Waals surface area contributed by atoms with Gasteiger partial charge in [0.2, 0.25) is 10.0 Å². The third-order valence-corrected chi connectivity index (χ3v) is 7.26. The lowest BCUT2D eigenvalue weighted by molar-refractivity contribution is 0.0950. The van der Waals surface area contributed by atoms with Crippen LogP contribution in [0.25, 0.3) is 0 Å². The Morgan fingerprint density at radius 3 is 2.47 bits per heavy atom. The van der Waals surface area contributed by atoms with Crippen molar-refractivity contribution in [3.8, 4) is 5.75 Å². The Labute approximate surface area is 179 Å². The van der Waals surface area contributed by atoms with Crippen molar-refractivity contribution in [1.82, 2.24) is 9.62 Å². The predicted octanol–water partition coefficient (Wildman–Crippen LogP) is 3.89. The van der Waals surface area contributed by atoms with Crippen molar-refractivity contribution in [2.45, 2.75) is 51.0 Å². The van der Waals surface area contributed by atoms with Crippen molar-refractivity contribution >= 4 is 15.9 Å². The van der Waals surface area contributed by atoms with Crippen LogP contribution in [0.4, 0.5) is 0 Å². The van der Waals surface area contributed by atoms with Gasteiger partial charge >= 0.3 is 0 Å². The summed E-state index contributed by atoms with van der Waals surface area (Å²) in [6.45, 7) is 5.64. The van der Waals surface area contributed by atoms with E-state index in [4.69, 9.17) is 4.74 Å². The minimum Gasteiger partial charge on any atom is -0.494 e. The topological polar surface area (TPSA) is 75.7 Å². The van der Waals surface area contributed by atoms with Crippen LogP contribution in [-0.2, 0) is 16.6 Å². The van der Waals surface area contributed by atoms with E-state index in [1.807, 2.05) is 38.1 Å². The number of para-hydroxylation sites is 1. The van der Waals surface area contributed by atoms with Crippen LogP contribution in [0.15, 0.2) is 47.4 Å². The molecule has 1 fully saturated rings. The minimum absolute atomic E-state index is 0.176. The van der Waals surface area contributed by atoms with E-state index in [0.717, 1.165) is 42.6 Å². The average molecular weight is 431 g/mol. The fraction of sp³-hybridized carbons (Fsp3) is 0.435. The molecule has 30 heavy (non-hydrogen) atoms. The molecule has 0 saturated carbocycles. The maximum Gasteiger partial charge on any atom is 0.251 e. The number of hydrogen-bond donors (Lipinski definition) is 1. The van der Waals surface area contributed by atoms with Crippen molar-refractivity contribution < 1.29 is 17.9 Å². The Kier molecular flexibility index (Phi) is 7.50. The first kappa shape index (κ1) is 22.3. The van der Waals surface area contributed by atoms with Crippen LogP contribution >= 0.6 is 0 Å². The molecule has 1 aliphatic rings. The van der Waals surface area contributed by atoms with Gasteiger partial charge in [0.1, 0.15) is 5.75 Å². The summed E-state index contributed by atoms with van der Waals surface area (Å²) >= 11 is 0. The first-order chi connectivity index (χ1) is 14.4. The lowest BCUT2D eigenvalue weighted by Crippen LogP contribution is -2.32. The zero-order chi connectivity index (χ0) is 21.6. The lowest BCUT2D eigenvalue weighted by Gasteiger charge is -2.20. The summed E-state index contributed by atoms with van der Waals surface area (Å²) < 4.78 is 33.3. The Bertz CT molecular complexity index is 980. The smallest absolute Gasteiger partial charge is 0.251 e. The Hall–Kier alpha value is -2.38. The van der Waals surface area contributed by atoms with Gasteiger partial charge in [-0.05, 0) is 50.5 Å². The van der Waals surface area contributed by atoms with Crippen LogP contribution < -0.4 is 10.1 Å². The molecule has 1 amide bonds. The van der Waals surface area contributed by atoms with E-state index in [1.54, 1.807) is 16.4 Å². The fourth-order valence-corrected chi connectivity index (χ4v) is 5.20. The zero-order valence-corrected chi connectivity index (χ0v) is 18.5. The van der Waals surface area contributed by atoms with Gasteiger partial charge < -0.3 is 10.1 Å².